The summed E-state index contributed by atoms with van der Waals surface area (Å²) in [7, 11) is -2.19. The van der Waals surface area contributed by atoms with Crippen LogP contribution in [-0.4, -0.2) is 61.8 Å². The molecule has 0 atom stereocenters. The molecule has 1 fully saturated rings. The van der Waals surface area contributed by atoms with Crippen LogP contribution in [-0.2, 0) is 21.2 Å². The summed E-state index contributed by atoms with van der Waals surface area (Å²) in [6.07, 6.45) is 3.89. The predicted octanol–water partition coefficient (Wildman–Crippen LogP) is 1.10. The SMILES string of the molecule is COc1ccccc1S(=O)(=O)N1CCN(C(=O)Cc2cc[nH]c2)CC1. The van der Waals surface area contributed by atoms with Gasteiger partial charge in [0.2, 0.25) is 15.9 Å². The van der Waals surface area contributed by atoms with E-state index in [0.29, 0.717) is 25.3 Å². The number of carbonyl (C=O) groups is 1. The lowest BCUT2D eigenvalue weighted by Gasteiger charge is -2.34. The van der Waals surface area contributed by atoms with Crippen LogP contribution in [0.25, 0.3) is 0 Å². The molecule has 1 N–H and O–H groups in total. The van der Waals surface area contributed by atoms with Crippen LogP contribution in [0.3, 0.4) is 0 Å². The maximum Gasteiger partial charge on any atom is 0.246 e. The number of sulfonamides is 1. The van der Waals surface area contributed by atoms with E-state index in [4.69, 9.17) is 4.74 Å². The van der Waals surface area contributed by atoms with E-state index in [1.54, 1.807) is 35.5 Å². The maximum atomic E-state index is 12.8. The van der Waals surface area contributed by atoms with Crippen LogP contribution in [0.5, 0.6) is 5.75 Å². The van der Waals surface area contributed by atoms with Crippen molar-refractivity contribution in [3.8, 4) is 5.75 Å². The van der Waals surface area contributed by atoms with Gasteiger partial charge in [0.05, 0.1) is 13.5 Å². The average molecular weight is 363 g/mol. The van der Waals surface area contributed by atoms with Gasteiger partial charge in [-0.2, -0.15) is 4.31 Å². The molecule has 0 unspecified atom stereocenters. The Labute approximate surface area is 147 Å². The zero-order valence-corrected chi connectivity index (χ0v) is 14.8. The van der Waals surface area contributed by atoms with Gasteiger partial charge in [0.25, 0.3) is 0 Å². The van der Waals surface area contributed by atoms with Gasteiger partial charge in [0.15, 0.2) is 0 Å². The number of rotatable bonds is 5. The number of para-hydroxylation sites is 1. The van der Waals surface area contributed by atoms with Crippen molar-refractivity contribution in [1.29, 1.82) is 0 Å². The monoisotopic (exact) mass is 363 g/mol. The molecule has 1 aliphatic rings. The molecule has 0 saturated carbocycles. The highest BCUT2D eigenvalue weighted by Crippen LogP contribution is 2.26. The summed E-state index contributed by atoms with van der Waals surface area (Å²) in [4.78, 5) is 17.1. The summed E-state index contributed by atoms with van der Waals surface area (Å²) in [5.74, 6) is 0.336. The van der Waals surface area contributed by atoms with Crippen LogP contribution in [0.1, 0.15) is 5.56 Å². The molecule has 7 nitrogen and oxygen atoms in total. The van der Waals surface area contributed by atoms with Crippen molar-refractivity contribution in [2.45, 2.75) is 11.3 Å². The second-order valence-corrected chi connectivity index (χ2v) is 7.74. The van der Waals surface area contributed by atoms with Gasteiger partial charge in [-0.3, -0.25) is 4.79 Å². The number of aromatic amines is 1. The minimum Gasteiger partial charge on any atom is -0.495 e. The van der Waals surface area contributed by atoms with Crippen molar-refractivity contribution < 1.29 is 17.9 Å². The quantitative estimate of drug-likeness (QED) is 0.862. The molecule has 0 radical (unpaired) electrons. The van der Waals surface area contributed by atoms with Crippen LogP contribution in [0.2, 0.25) is 0 Å². The smallest absolute Gasteiger partial charge is 0.246 e. The van der Waals surface area contributed by atoms with Crippen molar-refractivity contribution in [3.63, 3.8) is 0 Å². The molecule has 8 heteroatoms. The largest absolute Gasteiger partial charge is 0.495 e. The first-order chi connectivity index (χ1) is 12.0. The summed E-state index contributed by atoms with van der Waals surface area (Å²) >= 11 is 0. The van der Waals surface area contributed by atoms with E-state index in [1.807, 2.05) is 6.07 Å². The molecule has 25 heavy (non-hydrogen) atoms. The highest BCUT2D eigenvalue weighted by molar-refractivity contribution is 7.89. The van der Waals surface area contributed by atoms with Crippen LogP contribution in [0.4, 0.5) is 0 Å². The first kappa shape index (κ1) is 17.5. The predicted molar refractivity (Wildman–Crippen MR) is 92.8 cm³/mol. The van der Waals surface area contributed by atoms with E-state index in [1.165, 1.54) is 17.5 Å². The van der Waals surface area contributed by atoms with Gasteiger partial charge in [0, 0.05) is 38.6 Å². The van der Waals surface area contributed by atoms with Crippen molar-refractivity contribution in [3.05, 3.63) is 48.3 Å². The molecule has 1 aliphatic heterocycles. The highest BCUT2D eigenvalue weighted by Gasteiger charge is 2.31. The standard InChI is InChI=1S/C17H21N3O4S/c1-24-15-4-2-3-5-16(15)25(22,23)20-10-8-19(9-11-20)17(21)12-14-6-7-18-13-14/h2-7,13,18H,8-12H2,1H3. The topological polar surface area (TPSA) is 82.7 Å². The molecule has 1 saturated heterocycles. The minimum atomic E-state index is -3.64. The normalized spacial score (nSPS) is 16.0. The van der Waals surface area contributed by atoms with Crippen LogP contribution >= 0.6 is 0 Å². The molecule has 1 aromatic carbocycles. The number of hydrogen-bond donors (Lipinski definition) is 1. The number of benzene rings is 1. The molecule has 0 aliphatic carbocycles. The lowest BCUT2D eigenvalue weighted by Crippen LogP contribution is -2.50. The van der Waals surface area contributed by atoms with Gasteiger partial charge in [-0.15, -0.1) is 0 Å². The third kappa shape index (κ3) is 3.69. The number of ether oxygens (including phenoxy) is 1. The lowest BCUT2D eigenvalue weighted by atomic mass is 10.2. The molecule has 134 valence electrons. The number of carbonyl (C=O) groups excluding carboxylic acids is 1. The number of methoxy groups -OCH3 is 1. The zero-order valence-electron chi connectivity index (χ0n) is 14.0. The Hall–Kier alpha value is -2.32. The summed E-state index contributed by atoms with van der Waals surface area (Å²) in [6.45, 7) is 1.33. The fourth-order valence-corrected chi connectivity index (χ4v) is 4.48. The van der Waals surface area contributed by atoms with Gasteiger partial charge in [0.1, 0.15) is 10.6 Å². The van der Waals surface area contributed by atoms with Gasteiger partial charge < -0.3 is 14.6 Å². The maximum absolute atomic E-state index is 12.8. The molecule has 2 aromatic rings. The zero-order chi connectivity index (χ0) is 17.9. The van der Waals surface area contributed by atoms with E-state index >= 15 is 0 Å². The van der Waals surface area contributed by atoms with E-state index in [-0.39, 0.29) is 23.9 Å². The summed E-state index contributed by atoms with van der Waals surface area (Å²) < 4.78 is 32.3. The molecular formula is C17H21N3O4S. The minimum absolute atomic E-state index is 0.00828. The van der Waals surface area contributed by atoms with E-state index < -0.39 is 10.0 Å². The second-order valence-electron chi connectivity index (χ2n) is 5.83. The number of H-pyrrole nitrogens is 1. The van der Waals surface area contributed by atoms with Gasteiger partial charge >= 0.3 is 0 Å². The van der Waals surface area contributed by atoms with Crippen molar-refractivity contribution >= 4 is 15.9 Å². The first-order valence-electron chi connectivity index (χ1n) is 8.05. The Balaban J connectivity index is 1.66. The van der Waals surface area contributed by atoms with Gasteiger partial charge in [-0.05, 0) is 23.8 Å². The fourth-order valence-electron chi connectivity index (χ4n) is 2.90. The molecule has 3 rings (SSSR count). The van der Waals surface area contributed by atoms with E-state index in [0.717, 1.165) is 5.56 Å². The average Bonchev–Trinajstić information content (AvgIpc) is 3.14. The molecule has 1 amide bonds. The van der Waals surface area contributed by atoms with E-state index in [9.17, 15) is 13.2 Å². The van der Waals surface area contributed by atoms with E-state index in [2.05, 4.69) is 4.98 Å². The Morgan fingerprint density at radius 3 is 2.52 bits per heavy atom. The third-order valence-electron chi connectivity index (χ3n) is 4.30. The Bertz CT molecular complexity index is 825. The molecule has 2 heterocycles. The number of piperazine rings is 1. The fraction of sp³-hybridized carbons (Fsp3) is 0.353. The van der Waals surface area contributed by atoms with Gasteiger partial charge in [-0.1, -0.05) is 12.1 Å². The second kappa shape index (κ2) is 7.28. The Morgan fingerprint density at radius 1 is 1.16 bits per heavy atom. The van der Waals surface area contributed by atoms with Crippen molar-refractivity contribution in [2.75, 3.05) is 33.3 Å². The molecular weight excluding hydrogens is 342 g/mol. The Morgan fingerprint density at radius 2 is 1.88 bits per heavy atom. The van der Waals surface area contributed by atoms with Crippen molar-refractivity contribution in [2.24, 2.45) is 0 Å². The third-order valence-corrected chi connectivity index (χ3v) is 6.23. The summed E-state index contributed by atoms with van der Waals surface area (Å²) in [6, 6.07) is 8.43. The number of amides is 1. The molecule has 0 spiro atoms. The number of aromatic nitrogens is 1. The first-order valence-corrected chi connectivity index (χ1v) is 9.49. The van der Waals surface area contributed by atoms with Crippen LogP contribution in [0, 0.1) is 0 Å². The van der Waals surface area contributed by atoms with Crippen LogP contribution < -0.4 is 4.74 Å². The number of nitrogens with zero attached hydrogens (tertiary/aromatic N) is 2. The summed E-state index contributed by atoms with van der Waals surface area (Å²) in [5, 5.41) is 0. The lowest BCUT2D eigenvalue weighted by molar-refractivity contribution is -0.131. The number of hydrogen-bond acceptors (Lipinski definition) is 4. The van der Waals surface area contributed by atoms with Gasteiger partial charge in [-0.25, -0.2) is 8.42 Å². The summed E-state index contributed by atoms with van der Waals surface area (Å²) in [5.41, 5.74) is 0.925. The number of nitrogens with one attached hydrogen (secondary N) is 1. The van der Waals surface area contributed by atoms with Crippen molar-refractivity contribution in [1.82, 2.24) is 14.2 Å². The van der Waals surface area contributed by atoms with Crippen LogP contribution in [0.15, 0.2) is 47.6 Å². The molecule has 1 aromatic heterocycles. The Kier molecular flexibility index (Phi) is 5.10. The molecule has 0 bridgehead atoms. The highest BCUT2D eigenvalue weighted by atomic mass is 32.2.